The number of pyridine rings is 2. The van der Waals surface area contributed by atoms with Crippen LogP contribution in [-0.2, 0) is 13.1 Å². The van der Waals surface area contributed by atoms with Crippen LogP contribution in [0.5, 0.6) is 5.75 Å². The number of hydrogen-bond acceptors (Lipinski definition) is 4. The van der Waals surface area contributed by atoms with E-state index in [4.69, 9.17) is 4.74 Å². The van der Waals surface area contributed by atoms with Gasteiger partial charge in [0.2, 0.25) is 0 Å². The summed E-state index contributed by atoms with van der Waals surface area (Å²) in [4.78, 5) is 34.8. The van der Waals surface area contributed by atoms with E-state index >= 15 is 0 Å². The molecule has 33 heavy (non-hydrogen) atoms. The lowest BCUT2D eigenvalue weighted by atomic mass is 10.0. The van der Waals surface area contributed by atoms with E-state index in [-0.39, 0.29) is 18.1 Å². The molecule has 2 aromatic carbocycles. The summed E-state index contributed by atoms with van der Waals surface area (Å²) in [6.45, 7) is 4.46. The monoisotopic (exact) mass is 442 g/mol. The molecule has 0 aliphatic carbocycles. The molecule has 0 atom stereocenters. The highest BCUT2D eigenvalue weighted by molar-refractivity contribution is 5.89. The number of aromatic nitrogens is 2. The van der Waals surface area contributed by atoms with Gasteiger partial charge in [-0.15, -0.1) is 0 Å². The van der Waals surface area contributed by atoms with Crippen LogP contribution in [0.3, 0.4) is 0 Å². The Labute approximate surface area is 192 Å². The number of nitrogens with one attached hydrogen (secondary N) is 2. The highest BCUT2D eigenvalue weighted by atomic mass is 16.5. The van der Waals surface area contributed by atoms with Gasteiger partial charge in [0.1, 0.15) is 5.75 Å². The number of urea groups is 1. The Morgan fingerprint density at radius 1 is 1.09 bits per heavy atom. The van der Waals surface area contributed by atoms with Crippen molar-refractivity contribution in [3.05, 3.63) is 99.6 Å². The van der Waals surface area contributed by atoms with Gasteiger partial charge in [-0.05, 0) is 72.3 Å². The summed E-state index contributed by atoms with van der Waals surface area (Å²) < 4.78 is 5.18. The summed E-state index contributed by atoms with van der Waals surface area (Å²) in [6, 6.07) is 16.4. The number of aromatic amines is 1. The first-order valence-electron chi connectivity index (χ1n) is 10.7. The van der Waals surface area contributed by atoms with Crippen molar-refractivity contribution in [3.8, 4) is 5.75 Å². The SMILES string of the molecule is COc1ccc(NC(=O)N(Cc2cccnc2)Cc2cc3ccc(C)c(C)c3[nH]c2=O)cc1. The number of anilines is 1. The van der Waals surface area contributed by atoms with Crippen LogP contribution in [0, 0.1) is 13.8 Å². The van der Waals surface area contributed by atoms with Crippen molar-refractivity contribution in [1.29, 1.82) is 0 Å². The van der Waals surface area contributed by atoms with Gasteiger partial charge in [-0.25, -0.2) is 4.79 Å². The molecule has 2 amide bonds. The number of amides is 2. The number of fused-ring (bicyclic) bond motifs is 1. The number of ether oxygens (including phenoxy) is 1. The van der Waals surface area contributed by atoms with E-state index in [1.807, 2.05) is 44.2 Å². The highest BCUT2D eigenvalue weighted by Gasteiger charge is 2.18. The lowest BCUT2D eigenvalue weighted by Gasteiger charge is -2.23. The average Bonchev–Trinajstić information content (AvgIpc) is 2.83. The van der Waals surface area contributed by atoms with E-state index in [1.165, 1.54) is 0 Å². The zero-order valence-electron chi connectivity index (χ0n) is 18.9. The molecule has 7 heteroatoms. The second-order valence-corrected chi connectivity index (χ2v) is 7.97. The first kappa shape index (κ1) is 22.1. The summed E-state index contributed by atoms with van der Waals surface area (Å²) in [5.74, 6) is 0.702. The molecule has 0 unspecified atom stereocenters. The maximum Gasteiger partial charge on any atom is 0.322 e. The van der Waals surface area contributed by atoms with Crippen LogP contribution in [0.15, 0.2) is 71.8 Å². The minimum atomic E-state index is -0.316. The molecule has 0 saturated carbocycles. The highest BCUT2D eigenvalue weighted by Crippen LogP contribution is 2.20. The molecule has 4 rings (SSSR count). The van der Waals surface area contributed by atoms with E-state index < -0.39 is 0 Å². The second kappa shape index (κ2) is 9.56. The van der Waals surface area contributed by atoms with Crippen molar-refractivity contribution >= 4 is 22.6 Å². The Balaban J connectivity index is 1.64. The number of methoxy groups -OCH3 is 1. The largest absolute Gasteiger partial charge is 0.497 e. The second-order valence-electron chi connectivity index (χ2n) is 7.97. The van der Waals surface area contributed by atoms with Crippen molar-refractivity contribution in [2.45, 2.75) is 26.9 Å². The molecule has 168 valence electrons. The Hall–Kier alpha value is -4.13. The standard InChI is InChI=1S/C26H26N4O3/c1-17-6-7-20-13-21(25(31)29-24(20)18(17)2)16-30(15-19-5-4-12-27-14-19)26(32)28-22-8-10-23(33-3)11-9-22/h4-14H,15-16H2,1-3H3,(H,28,32)(H,29,31). The first-order chi connectivity index (χ1) is 15.9. The zero-order chi connectivity index (χ0) is 23.4. The number of aryl methyl sites for hydroxylation is 2. The molecule has 2 aromatic heterocycles. The minimum Gasteiger partial charge on any atom is -0.497 e. The third-order valence-electron chi connectivity index (χ3n) is 5.71. The quantitative estimate of drug-likeness (QED) is 0.450. The smallest absolute Gasteiger partial charge is 0.322 e. The number of benzene rings is 2. The number of H-pyrrole nitrogens is 1. The molecule has 7 nitrogen and oxygen atoms in total. The summed E-state index contributed by atoms with van der Waals surface area (Å²) in [5.41, 5.74) is 4.79. The topological polar surface area (TPSA) is 87.3 Å². The number of nitrogens with zero attached hydrogens (tertiary/aromatic N) is 2. The van der Waals surface area contributed by atoms with E-state index in [2.05, 4.69) is 15.3 Å². The van der Waals surface area contributed by atoms with E-state index in [0.29, 0.717) is 23.5 Å². The molecule has 0 radical (unpaired) electrons. The minimum absolute atomic E-state index is 0.148. The Morgan fingerprint density at radius 3 is 2.58 bits per heavy atom. The lowest BCUT2D eigenvalue weighted by Crippen LogP contribution is -2.35. The molecule has 0 fully saturated rings. The van der Waals surface area contributed by atoms with Gasteiger partial charge in [-0.1, -0.05) is 18.2 Å². The van der Waals surface area contributed by atoms with Gasteiger partial charge < -0.3 is 19.9 Å². The number of rotatable bonds is 6. The molecule has 2 heterocycles. The van der Waals surface area contributed by atoms with Crippen LogP contribution in [0.2, 0.25) is 0 Å². The van der Waals surface area contributed by atoms with E-state index in [1.54, 1.807) is 48.7 Å². The predicted octanol–water partition coefficient (Wildman–Crippen LogP) is 4.78. The van der Waals surface area contributed by atoms with Crippen molar-refractivity contribution in [3.63, 3.8) is 0 Å². The van der Waals surface area contributed by atoms with Crippen molar-refractivity contribution in [2.24, 2.45) is 0 Å². The van der Waals surface area contributed by atoms with Crippen molar-refractivity contribution < 1.29 is 9.53 Å². The van der Waals surface area contributed by atoms with Gasteiger partial charge in [0.05, 0.1) is 19.2 Å². The van der Waals surface area contributed by atoms with Crippen LogP contribution in [0.1, 0.15) is 22.3 Å². The lowest BCUT2D eigenvalue weighted by molar-refractivity contribution is 0.206. The molecular formula is C26H26N4O3. The molecule has 0 aliphatic rings. The van der Waals surface area contributed by atoms with Crippen molar-refractivity contribution in [2.75, 3.05) is 12.4 Å². The van der Waals surface area contributed by atoms with Crippen LogP contribution < -0.4 is 15.6 Å². The molecule has 0 saturated heterocycles. The molecule has 0 bridgehead atoms. The zero-order valence-corrected chi connectivity index (χ0v) is 18.9. The molecular weight excluding hydrogens is 416 g/mol. The van der Waals surface area contributed by atoms with Gasteiger partial charge in [0.25, 0.3) is 5.56 Å². The van der Waals surface area contributed by atoms with Gasteiger partial charge in [-0.2, -0.15) is 0 Å². The summed E-state index contributed by atoms with van der Waals surface area (Å²) in [7, 11) is 1.59. The van der Waals surface area contributed by atoms with Crippen LogP contribution in [0.4, 0.5) is 10.5 Å². The number of hydrogen-bond donors (Lipinski definition) is 2. The first-order valence-corrected chi connectivity index (χ1v) is 10.7. The van der Waals surface area contributed by atoms with Gasteiger partial charge in [0, 0.05) is 30.2 Å². The predicted molar refractivity (Wildman–Crippen MR) is 130 cm³/mol. The van der Waals surface area contributed by atoms with Gasteiger partial charge in [-0.3, -0.25) is 9.78 Å². The third kappa shape index (κ3) is 5.03. The van der Waals surface area contributed by atoms with E-state index in [0.717, 1.165) is 27.6 Å². The Bertz CT molecular complexity index is 1330. The molecule has 2 N–H and O–H groups in total. The Kier molecular flexibility index (Phi) is 6.40. The maximum atomic E-state index is 13.2. The van der Waals surface area contributed by atoms with Crippen LogP contribution >= 0.6 is 0 Å². The fourth-order valence-corrected chi connectivity index (χ4v) is 3.68. The molecule has 0 spiro atoms. The normalized spacial score (nSPS) is 10.8. The van der Waals surface area contributed by atoms with Crippen LogP contribution in [0.25, 0.3) is 10.9 Å². The van der Waals surface area contributed by atoms with E-state index in [9.17, 15) is 9.59 Å². The fourth-order valence-electron chi connectivity index (χ4n) is 3.68. The van der Waals surface area contributed by atoms with Crippen molar-refractivity contribution in [1.82, 2.24) is 14.9 Å². The van der Waals surface area contributed by atoms with Gasteiger partial charge in [0.15, 0.2) is 0 Å². The average molecular weight is 443 g/mol. The van der Waals surface area contributed by atoms with Crippen LogP contribution in [-0.4, -0.2) is 28.0 Å². The number of carbonyl (C=O) groups is 1. The molecule has 0 aliphatic heterocycles. The Morgan fingerprint density at radius 2 is 1.88 bits per heavy atom. The summed E-state index contributed by atoms with van der Waals surface area (Å²) in [5, 5.41) is 3.84. The third-order valence-corrected chi connectivity index (χ3v) is 5.71. The summed E-state index contributed by atoms with van der Waals surface area (Å²) in [6.07, 6.45) is 3.40. The maximum absolute atomic E-state index is 13.2. The molecule has 4 aromatic rings. The van der Waals surface area contributed by atoms with Gasteiger partial charge >= 0.3 is 6.03 Å². The number of carbonyl (C=O) groups excluding carboxylic acids is 1. The summed E-state index contributed by atoms with van der Waals surface area (Å²) >= 11 is 0. The fraction of sp³-hybridized carbons (Fsp3) is 0.192.